The van der Waals surface area contributed by atoms with Gasteiger partial charge in [-0.15, -0.1) is 0 Å². The van der Waals surface area contributed by atoms with Gasteiger partial charge in [-0.2, -0.15) is 5.26 Å². The topological polar surface area (TPSA) is 64.8 Å². The highest BCUT2D eigenvalue weighted by Gasteiger charge is 2.14. The van der Waals surface area contributed by atoms with Gasteiger partial charge in [0.1, 0.15) is 17.7 Å². The Balaban J connectivity index is 1.63. The van der Waals surface area contributed by atoms with Crippen molar-refractivity contribution in [3.05, 3.63) is 59.2 Å². The Morgan fingerprint density at radius 3 is 2.79 bits per heavy atom. The van der Waals surface area contributed by atoms with Gasteiger partial charge in [-0.3, -0.25) is 4.98 Å². The molecule has 28 heavy (non-hydrogen) atoms. The molecular formula is C22H22FN5. The van der Waals surface area contributed by atoms with Crippen LogP contribution in [0.1, 0.15) is 36.0 Å². The summed E-state index contributed by atoms with van der Waals surface area (Å²) in [4.78, 5) is 11.2. The van der Waals surface area contributed by atoms with E-state index in [9.17, 15) is 9.65 Å². The summed E-state index contributed by atoms with van der Waals surface area (Å²) in [5.41, 5.74) is 3.54. The van der Waals surface area contributed by atoms with Gasteiger partial charge in [-0.25, -0.2) is 9.37 Å². The van der Waals surface area contributed by atoms with Crippen molar-refractivity contribution in [3.63, 3.8) is 0 Å². The molecule has 5 nitrogen and oxygen atoms in total. The molecule has 1 aromatic carbocycles. The maximum Gasteiger partial charge on any atom is 0.128 e. The Labute approximate surface area is 163 Å². The number of nitriles is 1. The standard InChI is InChI=1S/C22H22FN5/c1-15-9-18(23)11-19-21(15)27-14-17(12-24)22(19)26-13-16-5-6-25-20(10-16)28-7-3-2-4-8-28/h5-6,9-11,14H,2-4,7-8,13H2,1H3,(H,26,27). The van der Waals surface area contributed by atoms with Crippen molar-refractivity contribution in [1.29, 1.82) is 5.26 Å². The molecule has 0 amide bonds. The quantitative estimate of drug-likeness (QED) is 0.725. The highest BCUT2D eigenvalue weighted by Crippen LogP contribution is 2.29. The van der Waals surface area contributed by atoms with Crippen LogP contribution in [0.4, 0.5) is 15.9 Å². The number of rotatable bonds is 4. The fourth-order valence-electron chi connectivity index (χ4n) is 3.77. The highest BCUT2D eigenvalue weighted by molar-refractivity contribution is 5.95. The number of aryl methyl sites for hydroxylation is 1. The Kier molecular flexibility index (Phi) is 5.07. The zero-order valence-corrected chi connectivity index (χ0v) is 15.9. The summed E-state index contributed by atoms with van der Waals surface area (Å²) in [6.45, 7) is 4.42. The molecule has 6 heteroatoms. The van der Waals surface area contributed by atoms with Crippen molar-refractivity contribution in [2.75, 3.05) is 23.3 Å². The average Bonchev–Trinajstić information content (AvgIpc) is 2.72. The fourth-order valence-corrected chi connectivity index (χ4v) is 3.77. The largest absolute Gasteiger partial charge is 0.379 e. The lowest BCUT2D eigenvalue weighted by Crippen LogP contribution is -2.30. The molecule has 1 saturated heterocycles. The molecule has 0 spiro atoms. The van der Waals surface area contributed by atoms with E-state index in [2.05, 4.69) is 32.3 Å². The first-order chi connectivity index (χ1) is 13.7. The van der Waals surface area contributed by atoms with Crippen LogP contribution < -0.4 is 10.2 Å². The Morgan fingerprint density at radius 2 is 2.00 bits per heavy atom. The molecule has 3 heterocycles. The van der Waals surface area contributed by atoms with Gasteiger partial charge < -0.3 is 10.2 Å². The molecule has 0 aliphatic carbocycles. The van der Waals surface area contributed by atoms with E-state index in [0.717, 1.165) is 30.0 Å². The molecular weight excluding hydrogens is 353 g/mol. The molecule has 1 aliphatic heterocycles. The molecule has 1 N–H and O–H groups in total. The third-order valence-corrected chi connectivity index (χ3v) is 5.21. The monoisotopic (exact) mass is 375 g/mol. The number of fused-ring (bicyclic) bond motifs is 1. The number of nitrogens with zero attached hydrogens (tertiary/aromatic N) is 4. The predicted octanol–water partition coefficient (Wildman–Crippen LogP) is 4.55. The molecule has 1 fully saturated rings. The van der Waals surface area contributed by atoms with Crippen molar-refractivity contribution in [1.82, 2.24) is 9.97 Å². The van der Waals surface area contributed by atoms with Gasteiger partial charge in [0.2, 0.25) is 0 Å². The fraction of sp³-hybridized carbons (Fsp3) is 0.318. The van der Waals surface area contributed by atoms with Crippen molar-refractivity contribution in [3.8, 4) is 6.07 Å². The molecule has 0 bridgehead atoms. The minimum Gasteiger partial charge on any atom is -0.379 e. The zero-order valence-electron chi connectivity index (χ0n) is 15.9. The number of anilines is 2. The maximum absolute atomic E-state index is 14.0. The van der Waals surface area contributed by atoms with Crippen LogP contribution >= 0.6 is 0 Å². The van der Waals surface area contributed by atoms with Crippen LogP contribution in [0.25, 0.3) is 10.9 Å². The summed E-state index contributed by atoms with van der Waals surface area (Å²) in [6.07, 6.45) is 7.04. The lowest BCUT2D eigenvalue weighted by Gasteiger charge is -2.28. The van der Waals surface area contributed by atoms with Gasteiger partial charge >= 0.3 is 0 Å². The molecule has 3 aromatic rings. The van der Waals surface area contributed by atoms with Crippen molar-refractivity contribution >= 4 is 22.4 Å². The van der Waals surface area contributed by atoms with E-state index in [-0.39, 0.29) is 5.82 Å². The number of pyridine rings is 2. The van der Waals surface area contributed by atoms with Crippen LogP contribution in [0.3, 0.4) is 0 Å². The molecule has 1 aliphatic rings. The summed E-state index contributed by atoms with van der Waals surface area (Å²) < 4.78 is 14.0. The van der Waals surface area contributed by atoms with E-state index >= 15 is 0 Å². The first kappa shape index (κ1) is 18.2. The zero-order chi connectivity index (χ0) is 19.5. The van der Waals surface area contributed by atoms with E-state index in [1.54, 1.807) is 6.20 Å². The van der Waals surface area contributed by atoms with Crippen LogP contribution in [-0.2, 0) is 6.54 Å². The van der Waals surface area contributed by atoms with E-state index in [0.29, 0.717) is 28.7 Å². The third-order valence-electron chi connectivity index (χ3n) is 5.21. The lowest BCUT2D eigenvalue weighted by molar-refractivity contribution is 0.573. The SMILES string of the molecule is Cc1cc(F)cc2c(NCc3ccnc(N4CCCCC4)c3)c(C#N)cnc12. The number of hydrogen-bond acceptors (Lipinski definition) is 5. The molecule has 0 saturated carbocycles. The van der Waals surface area contributed by atoms with Crippen LogP contribution in [0.2, 0.25) is 0 Å². The second-order valence-electron chi connectivity index (χ2n) is 7.20. The second-order valence-corrected chi connectivity index (χ2v) is 7.20. The Bertz CT molecular complexity index is 1050. The van der Waals surface area contributed by atoms with Crippen molar-refractivity contribution in [2.45, 2.75) is 32.7 Å². The summed E-state index contributed by atoms with van der Waals surface area (Å²) in [7, 11) is 0. The van der Waals surface area contributed by atoms with Gasteiger partial charge in [-0.05, 0) is 61.6 Å². The number of aromatic nitrogens is 2. The van der Waals surface area contributed by atoms with Crippen LogP contribution in [-0.4, -0.2) is 23.1 Å². The molecule has 142 valence electrons. The normalized spacial score (nSPS) is 14.1. The summed E-state index contributed by atoms with van der Waals surface area (Å²) >= 11 is 0. The van der Waals surface area contributed by atoms with Crippen LogP contribution in [0.15, 0.2) is 36.7 Å². The van der Waals surface area contributed by atoms with Gasteiger partial charge in [0, 0.05) is 37.4 Å². The molecule has 0 radical (unpaired) electrons. The van der Waals surface area contributed by atoms with Crippen molar-refractivity contribution in [2.24, 2.45) is 0 Å². The lowest BCUT2D eigenvalue weighted by atomic mass is 10.1. The van der Waals surface area contributed by atoms with Gasteiger partial charge in [0.25, 0.3) is 0 Å². The van der Waals surface area contributed by atoms with Crippen molar-refractivity contribution < 1.29 is 4.39 Å². The van der Waals surface area contributed by atoms with E-state index in [1.807, 2.05) is 19.2 Å². The van der Waals surface area contributed by atoms with E-state index in [4.69, 9.17) is 0 Å². The van der Waals surface area contributed by atoms with Crippen LogP contribution in [0.5, 0.6) is 0 Å². The molecule has 0 unspecified atom stereocenters. The van der Waals surface area contributed by atoms with Crippen LogP contribution in [0, 0.1) is 24.1 Å². The number of hydrogen-bond donors (Lipinski definition) is 1. The molecule has 4 rings (SSSR count). The summed E-state index contributed by atoms with van der Waals surface area (Å²) in [5.74, 6) is 0.655. The first-order valence-electron chi connectivity index (χ1n) is 9.58. The van der Waals surface area contributed by atoms with E-state index < -0.39 is 0 Å². The maximum atomic E-state index is 14.0. The Hall–Kier alpha value is -3.20. The third kappa shape index (κ3) is 3.61. The number of halogens is 1. The summed E-state index contributed by atoms with van der Waals surface area (Å²) in [5, 5.41) is 13.4. The van der Waals surface area contributed by atoms with Gasteiger partial charge in [0.15, 0.2) is 0 Å². The smallest absolute Gasteiger partial charge is 0.128 e. The molecule has 0 atom stereocenters. The summed E-state index contributed by atoms with van der Waals surface area (Å²) in [6, 6.07) is 9.09. The molecule has 2 aromatic heterocycles. The average molecular weight is 375 g/mol. The number of benzene rings is 1. The Morgan fingerprint density at radius 1 is 1.18 bits per heavy atom. The predicted molar refractivity (Wildman–Crippen MR) is 109 cm³/mol. The first-order valence-corrected chi connectivity index (χ1v) is 9.58. The van der Waals surface area contributed by atoms with Gasteiger partial charge in [-0.1, -0.05) is 0 Å². The minimum absolute atomic E-state index is 0.332. The number of nitrogens with one attached hydrogen (secondary N) is 1. The second kappa shape index (κ2) is 7.81. The highest BCUT2D eigenvalue weighted by atomic mass is 19.1. The van der Waals surface area contributed by atoms with Gasteiger partial charge in [0.05, 0.1) is 16.8 Å². The minimum atomic E-state index is -0.332. The van der Waals surface area contributed by atoms with E-state index in [1.165, 1.54) is 31.4 Å². The number of piperidine rings is 1.